The molecule has 2 rings (SSSR count). The summed E-state index contributed by atoms with van der Waals surface area (Å²) in [6.07, 6.45) is 0. The van der Waals surface area contributed by atoms with Crippen LogP contribution in [-0.2, 0) is 6.54 Å². The normalized spacial score (nSPS) is 10.7. The first kappa shape index (κ1) is 13.7. The van der Waals surface area contributed by atoms with Gasteiger partial charge in [-0.3, -0.25) is 14.2 Å². The van der Waals surface area contributed by atoms with Gasteiger partial charge in [0.2, 0.25) is 0 Å². The van der Waals surface area contributed by atoms with Crippen molar-refractivity contribution in [2.75, 3.05) is 0 Å². The van der Waals surface area contributed by atoms with E-state index >= 15 is 0 Å². The third-order valence-electron chi connectivity index (χ3n) is 3.36. The van der Waals surface area contributed by atoms with Gasteiger partial charge in [0.15, 0.2) is 5.78 Å². The molecule has 1 heterocycles. The molecule has 1 aromatic carbocycles. The number of aryl methyl sites for hydroxylation is 3. The minimum atomic E-state index is -0.0619. The van der Waals surface area contributed by atoms with E-state index in [4.69, 9.17) is 0 Å². The van der Waals surface area contributed by atoms with E-state index in [0.29, 0.717) is 5.56 Å². The average Bonchev–Trinajstić information content (AvgIpc) is 2.56. The molecule has 19 heavy (non-hydrogen) atoms. The van der Waals surface area contributed by atoms with E-state index in [-0.39, 0.29) is 17.2 Å². The van der Waals surface area contributed by atoms with Crippen LogP contribution in [0.2, 0.25) is 0 Å². The zero-order valence-corrected chi connectivity index (χ0v) is 12.4. The van der Waals surface area contributed by atoms with Crippen molar-refractivity contribution in [3.63, 3.8) is 0 Å². The largest absolute Gasteiger partial charge is 0.307 e. The Morgan fingerprint density at radius 2 is 1.89 bits per heavy atom. The Hall–Kier alpha value is -1.68. The molecule has 0 saturated carbocycles. The molecule has 1 aromatic heterocycles. The number of rotatable bonds is 3. The molecule has 0 atom stereocenters. The number of hydrogen-bond acceptors (Lipinski definition) is 3. The summed E-state index contributed by atoms with van der Waals surface area (Å²) in [6, 6.07) is 5.75. The fraction of sp³-hybridized carbons (Fsp3) is 0.333. The monoisotopic (exact) mass is 275 g/mol. The van der Waals surface area contributed by atoms with E-state index in [0.717, 1.165) is 21.7 Å². The van der Waals surface area contributed by atoms with E-state index < -0.39 is 0 Å². The summed E-state index contributed by atoms with van der Waals surface area (Å²) < 4.78 is 1.56. The molecule has 0 N–H and O–H groups in total. The average molecular weight is 275 g/mol. The van der Waals surface area contributed by atoms with Gasteiger partial charge < -0.3 is 0 Å². The van der Waals surface area contributed by atoms with Gasteiger partial charge in [-0.2, -0.15) is 0 Å². The lowest BCUT2D eigenvalue weighted by Crippen LogP contribution is -2.21. The third-order valence-corrected chi connectivity index (χ3v) is 4.36. The number of aromatic nitrogens is 1. The maximum Gasteiger partial charge on any atom is 0.307 e. The summed E-state index contributed by atoms with van der Waals surface area (Å²) in [5, 5.41) is 0. The molecule has 0 spiro atoms. The number of nitrogens with zero attached hydrogens (tertiary/aromatic N) is 1. The predicted octanol–water partition coefficient (Wildman–Crippen LogP) is 3.03. The molecule has 100 valence electrons. The van der Waals surface area contributed by atoms with E-state index in [2.05, 4.69) is 0 Å². The van der Waals surface area contributed by atoms with Gasteiger partial charge in [-0.15, -0.1) is 0 Å². The highest BCUT2D eigenvalue weighted by Crippen LogP contribution is 2.14. The van der Waals surface area contributed by atoms with Crippen LogP contribution in [0.5, 0.6) is 0 Å². The van der Waals surface area contributed by atoms with E-state index in [1.807, 2.05) is 45.9 Å². The van der Waals surface area contributed by atoms with Gasteiger partial charge in [0.05, 0.1) is 6.54 Å². The molecule has 0 aliphatic rings. The molecule has 0 bridgehead atoms. The molecule has 0 amide bonds. The maximum atomic E-state index is 12.3. The zero-order valence-electron chi connectivity index (χ0n) is 11.6. The van der Waals surface area contributed by atoms with Gasteiger partial charge in [-0.1, -0.05) is 35.1 Å². The lowest BCUT2D eigenvalue weighted by molar-refractivity contribution is 0.0970. The summed E-state index contributed by atoms with van der Waals surface area (Å²) in [4.78, 5) is 25.0. The third kappa shape index (κ3) is 2.68. The van der Waals surface area contributed by atoms with Crippen LogP contribution in [0.4, 0.5) is 0 Å². The molecule has 3 nitrogen and oxygen atoms in total. The van der Waals surface area contributed by atoms with Crippen LogP contribution in [0.25, 0.3) is 0 Å². The second-order valence-electron chi connectivity index (χ2n) is 4.84. The van der Waals surface area contributed by atoms with Crippen molar-refractivity contribution in [1.82, 2.24) is 4.57 Å². The second kappa shape index (κ2) is 5.13. The summed E-state index contributed by atoms with van der Waals surface area (Å²) >= 11 is 1.19. The van der Waals surface area contributed by atoms with Crippen LogP contribution in [0, 0.1) is 27.7 Å². The minimum absolute atomic E-state index is 0.0134. The first-order valence-electron chi connectivity index (χ1n) is 6.17. The smallest absolute Gasteiger partial charge is 0.295 e. The molecule has 0 radical (unpaired) electrons. The standard InChI is InChI=1S/C15H17NO2S/c1-9-5-6-13(10(2)7-9)14(17)8-16-11(3)12(4)19-15(16)18/h5-7H,8H2,1-4H3. The Bertz CT molecular complexity index is 695. The van der Waals surface area contributed by atoms with Crippen molar-refractivity contribution >= 4 is 17.1 Å². The highest BCUT2D eigenvalue weighted by atomic mass is 32.1. The number of thiazole rings is 1. The summed E-state index contributed by atoms with van der Waals surface area (Å²) in [7, 11) is 0. The van der Waals surface area contributed by atoms with Crippen molar-refractivity contribution < 1.29 is 4.79 Å². The van der Waals surface area contributed by atoms with Crippen LogP contribution < -0.4 is 4.87 Å². The molecule has 2 aromatic rings. The van der Waals surface area contributed by atoms with Gasteiger partial charge in [0.1, 0.15) is 0 Å². The molecule has 4 heteroatoms. The Morgan fingerprint density at radius 1 is 1.21 bits per heavy atom. The summed E-state index contributed by atoms with van der Waals surface area (Å²) in [6.45, 7) is 7.83. The van der Waals surface area contributed by atoms with Crippen molar-refractivity contribution in [3.05, 3.63) is 55.1 Å². The number of carbonyl (C=O) groups is 1. The SMILES string of the molecule is Cc1ccc(C(=O)Cn2c(C)c(C)sc2=O)c(C)c1. The summed E-state index contributed by atoms with van der Waals surface area (Å²) in [5.41, 5.74) is 3.67. The number of ketones is 1. The van der Waals surface area contributed by atoms with Crippen molar-refractivity contribution in [2.24, 2.45) is 0 Å². The molecule has 0 aliphatic heterocycles. The molecule has 0 aliphatic carbocycles. The van der Waals surface area contributed by atoms with E-state index in [1.54, 1.807) is 4.57 Å². The Morgan fingerprint density at radius 3 is 2.42 bits per heavy atom. The van der Waals surface area contributed by atoms with Gasteiger partial charge in [0, 0.05) is 16.1 Å². The fourth-order valence-corrected chi connectivity index (χ4v) is 2.96. The molecular weight excluding hydrogens is 258 g/mol. The maximum absolute atomic E-state index is 12.3. The lowest BCUT2D eigenvalue weighted by Gasteiger charge is -2.08. The van der Waals surface area contributed by atoms with Crippen LogP contribution in [0.15, 0.2) is 23.0 Å². The first-order chi connectivity index (χ1) is 8.90. The zero-order chi connectivity index (χ0) is 14.2. The molecular formula is C15H17NO2S. The number of Topliss-reactive ketones (excluding diaryl/α,β-unsaturated/α-hetero) is 1. The minimum Gasteiger partial charge on any atom is -0.295 e. The predicted molar refractivity (Wildman–Crippen MR) is 78.3 cm³/mol. The summed E-state index contributed by atoms with van der Waals surface area (Å²) in [5.74, 6) is -0.0134. The van der Waals surface area contributed by atoms with Gasteiger partial charge in [-0.25, -0.2) is 0 Å². The van der Waals surface area contributed by atoms with E-state index in [1.165, 1.54) is 11.3 Å². The van der Waals surface area contributed by atoms with Crippen LogP contribution in [0.1, 0.15) is 32.1 Å². The van der Waals surface area contributed by atoms with Gasteiger partial charge >= 0.3 is 4.87 Å². The first-order valence-corrected chi connectivity index (χ1v) is 6.99. The Kier molecular flexibility index (Phi) is 3.71. The fourth-order valence-electron chi connectivity index (χ4n) is 2.13. The Labute approximate surface area is 116 Å². The highest BCUT2D eigenvalue weighted by molar-refractivity contribution is 7.09. The van der Waals surface area contributed by atoms with Gasteiger partial charge in [-0.05, 0) is 33.3 Å². The quantitative estimate of drug-likeness (QED) is 0.808. The van der Waals surface area contributed by atoms with Gasteiger partial charge in [0.25, 0.3) is 0 Å². The molecule has 0 fully saturated rings. The van der Waals surface area contributed by atoms with Crippen LogP contribution in [-0.4, -0.2) is 10.4 Å². The second-order valence-corrected chi connectivity index (χ2v) is 6.00. The van der Waals surface area contributed by atoms with Crippen LogP contribution in [0.3, 0.4) is 0 Å². The lowest BCUT2D eigenvalue weighted by atomic mass is 10.0. The van der Waals surface area contributed by atoms with Crippen molar-refractivity contribution in [2.45, 2.75) is 34.2 Å². The number of benzene rings is 1. The van der Waals surface area contributed by atoms with Crippen molar-refractivity contribution in [1.29, 1.82) is 0 Å². The van der Waals surface area contributed by atoms with Crippen LogP contribution >= 0.6 is 11.3 Å². The topological polar surface area (TPSA) is 39.1 Å². The number of hydrogen-bond donors (Lipinski definition) is 0. The Balaban J connectivity index is 2.33. The number of carbonyl (C=O) groups excluding carboxylic acids is 1. The van der Waals surface area contributed by atoms with E-state index in [9.17, 15) is 9.59 Å². The highest BCUT2D eigenvalue weighted by Gasteiger charge is 2.14. The van der Waals surface area contributed by atoms with Crippen molar-refractivity contribution in [3.8, 4) is 0 Å². The molecule has 0 saturated heterocycles. The molecule has 0 unspecified atom stereocenters.